The standard InChI is InChI=1S/C26H33NO8/c1-7-34-10-11-35-26(30)21-15(3)27-18-12-14(2)20(25(29)33-6)24(28)23(18)22(21)17-13-16(31-4)8-9-19(17)32-5/h8-9,13-14,20,22,27H,7,10-12H2,1-6H3/t14-,20+,22-/m0/s1. The second-order valence-electron chi connectivity index (χ2n) is 8.48. The third-order valence-electron chi connectivity index (χ3n) is 6.38. The molecule has 0 aromatic heterocycles. The molecule has 0 radical (unpaired) electrons. The molecule has 1 aromatic carbocycles. The number of ketones is 1. The first-order valence-electron chi connectivity index (χ1n) is 11.6. The molecular weight excluding hydrogens is 454 g/mol. The van der Waals surface area contributed by atoms with Gasteiger partial charge in [0.2, 0.25) is 0 Å². The number of allylic oxidation sites excluding steroid dienone is 3. The van der Waals surface area contributed by atoms with Crippen LogP contribution in [0.2, 0.25) is 0 Å². The molecule has 35 heavy (non-hydrogen) atoms. The van der Waals surface area contributed by atoms with Crippen molar-refractivity contribution in [2.24, 2.45) is 11.8 Å². The van der Waals surface area contributed by atoms with E-state index in [0.717, 1.165) is 0 Å². The van der Waals surface area contributed by atoms with Crippen molar-refractivity contribution in [1.82, 2.24) is 5.32 Å². The largest absolute Gasteiger partial charge is 0.497 e. The van der Waals surface area contributed by atoms with Crippen molar-refractivity contribution in [3.05, 3.63) is 46.3 Å². The third-order valence-corrected chi connectivity index (χ3v) is 6.38. The molecule has 0 unspecified atom stereocenters. The molecule has 0 fully saturated rings. The zero-order chi connectivity index (χ0) is 25.7. The molecule has 9 nitrogen and oxygen atoms in total. The third kappa shape index (κ3) is 5.19. The number of hydrogen-bond acceptors (Lipinski definition) is 9. The summed E-state index contributed by atoms with van der Waals surface area (Å²) in [5.74, 6) is -2.66. The molecule has 190 valence electrons. The fraction of sp³-hybridized carbons (Fsp3) is 0.500. The summed E-state index contributed by atoms with van der Waals surface area (Å²) in [4.78, 5) is 39.7. The highest BCUT2D eigenvalue weighted by atomic mass is 16.6. The number of rotatable bonds is 9. The van der Waals surface area contributed by atoms with Gasteiger partial charge in [-0.15, -0.1) is 0 Å². The summed E-state index contributed by atoms with van der Waals surface area (Å²) >= 11 is 0. The molecule has 0 saturated carbocycles. The highest BCUT2D eigenvalue weighted by molar-refractivity contribution is 6.12. The minimum atomic E-state index is -0.978. The number of hydrogen-bond donors (Lipinski definition) is 1. The number of esters is 2. The van der Waals surface area contributed by atoms with Crippen LogP contribution in [0, 0.1) is 11.8 Å². The maximum absolute atomic E-state index is 13.8. The van der Waals surface area contributed by atoms with Gasteiger partial charge < -0.3 is 29.0 Å². The zero-order valence-electron chi connectivity index (χ0n) is 21.1. The average molecular weight is 488 g/mol. The summed E-state index contributed by atoms with van der Waals surface area (Å²) in [6, 6.07) is 5.19. The summed E-state index contributed by atoms with van der Waals surface area (Å²) in [6.45, 7) is 6.28. The van der Waals surface area contributed by atoms with Crippen molar-refractivity contribution in [3.8, 4) is 11.5 Å². The maximum atomic E-state index is 13.8. The van der Waals surface area contributed by atoms with E-state index in [4.69, 9.17) is 23.7 Å². The summed E-state index contributed by atoms with van der Waals surface area (Å²) in [7, 11) is 4.31. The molecule has 3 atom stereocenters. The molecule has 1 aliphatic heterocycles. The Morgan fingerprint density at radius 1 is 1.11 bits per heavy atom. The van der Waals surface area contributed by atoms with Gasteiger partial charge in [-0.1, -0.05) is 6.92 Å². The minimum Gasteiger partial charge on any atom is -0.497 e. The van der Waals surface area contributed by atoms with Gasteiger partial charge >= 0.3 is 11.9 Å². The van der Waals surface area contributed by atoms with Crippen molar-refractivity contribution in [3.63, 3.8) is 0 Å². The summed E-state index contributed by atoms with van der Waals surface area (Å²) in [5.41, 5.74) is 2.38. The lowest BCUT2D eigenvalue weighted by Gasteiger charge is -2.38. The molecular formula is C26H33NO8. The van der Waals surface area contributed by atoms with E-state index in [1.54, 1.807) is 25.1 Å². The van der Waals surface area contributed by atoms with Crippen molar-refractivity contribution in [2.75, 3.05) is 41.2 Å². The Kier molecular flexibility index (Phi) is 8.56. The fourth-order valence-corrected chi connectivity index (χ4v) is 4.74. The van der Waals surface area contributed by atoms with Gasteiger partial charge in [0.15, 0.2) is 5.78 Å². The number of methoxy groups -OCH3 is 3. The number of carbonyl (C=O) groups is 3. The normalized spacial score (nSPS) is 21.8. The number of dihydropyridines is 1. The highest BCUT2D eigenvalue weighted by Crippen LogP contribution is 2.48. The van der Waals surface area contributed by atoms with Gasteiger partial charge in [-0.2, -0.15) is 0 Å². The lowest BCUT2D eigenvalue weighted by molar-refractivity contribution is -0.151. The highest BCUT2D eigenvalue weighted by Gasteiger charge is 2.48. The Balaban J connectivity index is 2.17. The van der Waals surface area contributed by atoms with Gasteiger partial charge in [0, 0.05) is 29.1 Å². The summed E-state index contributed by atoms with van der Waals surface area (Å²) in [6.07, 6.45) is 0.438. The maximum Gasteiger partial charge on any atom is 0.336 e. The van der Waals surface area contributed by atoms with Gasteiger partial charge in [0.25, 0.3) is 0 Å². The molecule has 1 aromatic rings. The summed E-state index contributed by atoms with van der Waals surface area (Å²) in [5, 5.41) is 3.24. The van der Waals surface area contributed by atoms with E-state index in [0.29, 0.717) is 47.1 Å². The lowest BCUT2D eigenvalue weighted by Crippen LogP contribution is -2.43. The van der Waals surface area contributed by atoms with E-state index in [1.807, 2.05) is 13.8 Å². The van der Waals surface area contributed by atoms with E-state index < -0.39 is 23.8 Å². The van der Waals surface area contributed by atoms with Crippen LogP contribution in [0.5, 0.6) is 11.5 Å². The zero-order valence-corrected chi connectivity index (χ0v) is 21.1. The van der Waals surface area contributed by atoms with Crippen LogP contribution in [0.1, 0.15) is 38.7 Å². The number of nitrogens with one attached hydrogen (secondary N) is 1. The fourth-order valence-electron chi connectivity index (χ4n) is 4.74. The SMILES string of the molecule is CCOCCOC(=O)C1=C(C)NC2=C(C(=O)[C@H](C(=O)OC)[C@@H](C)C2)[C@H]1c1cc(OC)ccc1OC. The van der Waals surface area contributed by atoms with Crippen molar-refractivity contribution < 1.29 is 38.1 Å². The van der Waals surface area contributed by atoms with Gasteiger partial charge in [0.1, 0.15) is 24.0 Å². The molecule has 1 heterocycles. The lowest BCUT2D eigenvalue weighted by atomic mass is 9.69. The van der Waals surface area contributed by atoms with Crippen molar-refractivity contribution in [1.29, 1.82) is 0 Å². The van der Waals surface area contributed by atoms with Crippen LogP contribution in [0.3, 0.4) is 0 Å². The van der Waals surface area contributed by atoms with Crippen molar-refractivity contribution in [2.45, 2.75) is 33.1 Å². The van der Waals surface area contributed by atoms with Crippen LogP contribution in [0.15, 0.2) is 40.7 Å². The van der Waals surface area contributed by atoms with E-state index in [-0.39, 0.29) is 30.5 Å². The molecule has 9 heteroatoms. The van der Waals surface area contributed by atoms with E-state index in [1.165, 1.54) is 21.3 Å². The predicted molar refractivity (Wildman–Crippen MR) is 127 cm³/mol. The van der Waals surface area contributed by atoms with Crippen LogP contribution in [0.25, 0.3) is 0 Å². The number of Topliss-reactive ketones (excluding diaryl/α,β-unsaturated/α-hetero) is 1. The monoisotopic (exact) mass is 487 g/mol. The topological polar surface area (TPSA) is 109 Å². The molecule has 0 saturated heterocycles. The van der Waals surface area contributed by atoms with Gasteiger partial charge in [-0.3, -0.25) is 9.59 Å². The quantitative estimate of drug-likeness (QED) is 0.319. The first-order chi connectivity index (χ1) is 16.8. The Labute approximate surface area is 205 Å². The predicted octanol–water partition coefficient (Wildman–Crippen LogP) is 2.90. The Hall–Kier alpha value is -3.33. The van der Waals surface area contributed by atoms with Crippen LogP contribution >= 0.6 is 0 Å². The summed E-state index contributed by atoms with van der Waals surface area (Å²) < 4.78 is 26.8. The molecule has 1 N–H and O–H groups in total. The molecule has 0 bridgehead atoms. The number of benzene rings is 1. The van der Waals surface area contributed by atoms with Crippen LogP contribution in [-0.4, -0.2) is 58.9 Å². The second kappa shape index (κ2) is 11.4. The van der Waals surface area contributed by atoms with Crippen LogP contribution in [0.4, 0.5) is 0 Å². The first-order valence-corrected chi connectivity index (χ1v) is 11.6. The Bertz CT molecular complexity index is 1060. The van der Waals surface area contributed by atoms with E-state index in [2.05, 4.69) is 5.32 Å². The molecule has 0 spiro atoms. The molecule has 0 amide bonds. The first kappa shape index (κ1) is 26.3. The molecule has 3 rings (SSSR count). The van der Waals surface area contributed by atoms with Gasteiger partial charge in [-0.05, 0) is 44.4 Å². The minimum absolute atomic E-state index is 0.0626. The van der Waals surface area contributed by atoms with E-state index >= 15 is 0 Å². The number of ether oxygens (including phenoxy) is 5. The van der Waals surface area contributed by atoms with Crippen molar-refractivity contribution >= 4 is 17.7 Å². The van der Waals surface area contributed by atoms with E-state index in [9.17, 15) is 14.4 Å². The van der Waals surface area contributed by atoms with Crippen LogP contribution < -0.4 is 14.8 Å². The van der Waals surface area contributed by atoms with Gasteiger partial charge in [-0.25, -0.2) is 4.79 Å². The molecule has 2 aliphatic rings. The Morgan fingerprint density at radius 3 is 2.49 bits per heavy atom. The van der Waals surface area contributed by atoms with Gasteiger partial charge in [0.05, 0.1) is 39.4 Å². The Morgan fingerprint density at radius 2 is 1.86 bits per heavy atom. The smallest absolute Gasteiger partial charge is 0.336 e. The van der Waals surface area contributed by atoms with Crippen LogP contribution in [-0.2, 0) is 28.6 Å². The second-order valence-corrected chi connectivity index (χ2v) is 8.48. The number of carbonyl (C=O) groups excluding carboxylic acids is 3. The average Bonchev–Trinajstić information content (AvgIpc) is 2.84. The molecule has 1 aliphatic carbocycles.